The second kappa shape index (κ2) is 26.3. The number of anilines is 3. The first-order valence-electron chi connectivity index (χ1n) is 20.2. The number of nitrogens with one attached hydrogen (secondary N) is 4. The number of halogens is 8. The number of nitrogens with two attached hydrogens (primary N) is 1. The monoisotopic (exact) mass is 1140 g/mol. The van der Waals surface area contributed by atoms with Gasteiger partial charge >= 0.3 is 43.4 Å². The van der Waals surface area contributed by atoms with E-state index in [1.807, 2.05) is 6.07 Å². The molecule has 7 N–H and O–H groups in total. The third-order valence-corrected chi connectivity index (χ3v) is 11.8. The maximum atomic E-state index is 12.5. The number of aryl methyl sites for hydroxylation is 2. The smallest absolute Gasteiger partial charge is 0.389 e. The Morgan fingerprint density at radius 2 is 1.28 bits per heavy atom. The molecule has 0 radical (unpaired) electrons. The number of nitrogen functional groups attached to an aromatic ring is 1. The fraction of sp³-hybridized carbons (Fsp3) is 0.171. The second-order valence-corrected chi connectivity index (χ2v) is 17.6. The highest BCUT2D eigenvalue weighted by Crippen LogP contribution is 2.39. The van der Waals surface area contributed by atoms with Gasteiger partial charge in [-0.1, -0.05) is 60.1 Å². The number of carbonyl (C=O) groups is 3. The number of aromatic carboxylic acids is 1. The lowest BCUT2D eigenvalue weighted by Gasteiger charge is -2.13. The zero-order valence-electron chi connectivity index (χ0n) is 38.2. The van der Waals surface area contributed by atoms with Crippen molar-refractivity contribution in [1.29, 1.82) is 0 Å². The summed E-state index contributed by atoms with van der Waals surface area (Å²) in [6, 6.07) is 18.7. The normalized spacial score (nSPS) is 11.2. The van der Waals surface area contributed by atoms with Crippen LogP contribution in [0.4, 0.5) is 63.6 Å². The quantitative estimate of drug-likeness (QED) is 0.0220. The van der Waals surface area contributed by atoms with Crippen molar-refractivity contribution in [3.05, 3.63) is 129 Å². The zero-order valence-corrected chi connectivity index (χ0v) is 40.6. The molecule has 76 heavy (non-hydrogen) atoms. The van der Waals surface area contributed by atoms with Gasteiger partial charge in [0, 0.05) is 12.5 Å². The van der Waals surface area contributed by atoms with Gasteiger partial charge in [-0.15, -0.1) is 0 Å². The van der Waals surface area contributed by atoms with Gasteiger partial charge in [0.1, 0.15) is 32.9 Å². The summed E-state index contributed by atoms with van der Waals surface area (Å²) in [7, 11) is -7.86. The van der Waals surface area contributed by atoms with Crippen LogP contribution in [0.15, 0.2) is 107 Å². The molecular formula is C41H35ClF7N11O14S2. The SMILES string of the molecule is COc1nc(C)nc(NC(=O)NS(=O)(=O)c2ccccc2CCC(F)(F)F)n1.Nc1c([N+](=O)[O-])ccc(Oc2ccccc2)c1Cl.O=C(Nc1nc(OC(F)F)cc(OC(F)F)n1)NS(=O)(=O)c1ccccc1C(=O)O. The van der Waals surface area contributed by atoms with Gasteiger partial charge in [0.05, 0.1) is 28.6 Å². The molecule has 0 atom stereocenters. The van der Waals surface area contributed by atoms with E-state index in [4.69, 9.17) is 31.9 Å². The molecule has 25 nitrogen and oxygen atoms in total. The van der Waals surface area contributed by atoms with Crippen molar-refractivity contribution in [1.82, 2.24) is 34.4 Å². The number of carboxylic acid groups (broad SMARTS) is 1. The van der Waals surface area contributed by atoms with E-state index in [2.05, 4.69) is 39.7 Å². The fourth-order valence-corrected chi connectivity index (χ4v) is 8.00. The van der Waals surface area contributed by atoms with Gasteiger partial charge in [0.25, 0.3) is 25.7 Å². The van der Waals surface area contributed by atoms with Crippen molar-refractivity contribution < 1.29 is 90.9 Å². The van der Waals surface area contributed by atoms with Crippen molar-refractivity contribution in [2.45, 2.75) is 49.0 Å². The number of hydrogen-bond acceptors (Lipinski definition) is 19. The number of amides is 4. The molecule has 2 aromatic heterocycles. The molecule has 0 unspecified atom stereocenters. The fourth-order valence-electron chi connectivity index (χ4n) is 5.52. The number of ether oxygens (including phenoxy) is 4. The third-order valence-electron chi connectivity index (χ3n) is 8.55. The van der Waals surface area contributed by atoms with E-state index in [9.17, 15) is 72.1 Å². The van der Waals surface area contributed by atoms with E-state index in [-0.39, 0.29) is 45.5 Å². The van der Waals surface area contributed by atoms with Gasteiger partial charge in [-0.3, -0.25) is 20.7 Å². The standard InChI is InChI=1S/C15H16F3N5O4S.C14H10F4N4O7S.C12H9ClN2O3/c1-9-19-12(22-14(20-9)27-2)21-13(24)23-28(25,26)11-6-4-3-5-10(11)7-8-15(16,17)18;15-11(16)28-8-5-9(29-12(17)18)20-13(19-8)21-14(25)22-30(26,27)7-4-2-1-3-6(7)10(23)24;13-11-10(18-8-4-2-1-3-5-8)7-6-9(12(11)14)15(16)17/h3-6H,7-8H2,1-2H3,(H2,19,20,21,22,23,24);1-5,11-12H,(H,23,24)(H2,19,20,21,22,25);1-7H,14H2. The highest BCUT2D eigenvalue weighted by Gasteiger charge is 2.29. The molecule has 4 amide bonds. The van der Waals surface area contributed by atoms with Gasteiger partial charge in [-0.25, -0.2) is 40.7 Å². The van der Waals surface area contributed by atoms with Crippen LogP contribution in [0.25, 0.3) is 0 Å². The summed E-state index contributed by atoms with van der Waals surface area (Å²) in [5, 5.41) is 23.5. The summed E-state index contributed by atoms with van der Waals surface area (Å²) in [5.41, 5.74) is 4.53. The Bertz CT molecular complexity index is 3260. The summed E-state index contributed by atoms with van der Waals surface area (Å²) >= 11 is 5.94. The summed E-state index contributed by atoms with van der Waals surface area (Å²) in [6.07, 6.45) is -6.20. The van der Waals surface area contributed by atoms with Gasteiger partial charge in [0.2, 0.25) is 23.7 Å². The number of benzene rings is 4. The van der Waals surface area contributed by atoms with E-state index in [1.54, 1.807) is 34.3 Å². The summed E-state index contributed by atoms with van der Waals surface area (Å²) in [5.74, 6) is -3.65. The minimum Gasteiger partial charge on any atom is -0.478 e. The van der Waals surface area contributed by atoms with Crippen LogP contribution in [-0.2, 0) is 26.5 Å². The highest BCUT2D eigenvalue weighted by molar-refractivity contribution is 7.90. The second-order valence-electron chi connectivity index (χ2n) is 13.9. The average molecular weight is 1140 g/mol. The van der Waals surface area contributed by atoms with Crippen molar-refractivity contribution >= 4 is 73.0 Å². The van der Waals surface area contributed by atoms with Gasteiger partial charge in [-0.2, -0.15) is 55.7 Å². The van der Waals surface area contributed by atoms with Crippen molar-refractivity contribution in [3.8, 4) is 29.3 Å². The number of methoxy groups -OCH3 is 1. The Balaban J connectivity index is 0.000000254. The first-order valence-corrected chi connectivity index (χ1v) is 23.6. The number of nitro benzene ring substituents is 1. The molecule has 0 saturated carbocycles. The van der Waals surface area contributed by atoms with E-state index in [0.29, 0.717) is 11.8 Å². The maximum Gasteiger partial charge on any atom is 0.389 e. The van der Waals surface area contributed by atoms with Gasteiger partial charge < -0.3 is 29.8 Å². The minimum absolute atomic E-state index is 0.0352. The predicted molar refractivity (Wildman–Crippen MR) is 248 cm³/mol. The molecule has 2 heterocycles. The van der Waals surface area contributed by atoms with Crippen LogP contribution in [0.2, 0.25) is 5.02 Å². The Morgan fingerprint density at radius 3 is 1.80 bits per heavy atom. The molecule has 6 aromatic rings. The van der Waals surface area contributed by atoms with Crippen LogP contribution in [0.5, 0.6) is 29.3 Å². The molecule has 4 aromatic carbocycles. The molecule has 0 saturated heterocycles. The molecule has 0 fully saturated rings. The first kappa shape index (κ1) is 59.6. The van der Waals surface area contributed by atoms with Crippen LogP contribution in [0.3, 0.4) is 0 Å². The number of para-hydroxylation sites is 1. The number of alkyl halides is 7. The largest absolute Gasteiger partial charge is 0.478 e. The van der Waals surface area contributed by atoms with Crippen molar-refractivity contribution in [2.75, 3.05) is 23.5 Å². The molecule has 406 valence electrons. The molecule has 6 rings (SSSR count). The number of carboxylic acids is 1. The molecule has 0 bridgehead atoms. The van der Waals surface area contributed by atoms with Crippen LogP contribution in [-0.4, -0.2) is 96.3 Å². The van der Waals surface area contributed by atoms with E-state index in [0.717, 1.165) is 18.2 Å². The first-order chi connectivity index (χ1) is 35.6. The summed E-state index contributed by atoms with van der Waals surface area (Å²) in [6.45, 7) is -5.32. The molecule has 0 aliphatic carbocycles. The Kier molecular flexibility index (Phi) is 20.7. The van der Waals surface area contributed by atoms with Crippen LogP contribution >= 0.6 is 11.6 Å². The Hall–Kier alpha value is -8.92. The van der Waals surface area contributed by atoms with Gasteiger partial charge in [-0.05, 0) is 55.3 Å². The van der Waals surface area contributed by atoms with E-state index in [1.165, 1.54) is 61.2 Å². The van der Waals surface area contributed by atoms with E-state index >= 15 is 0 Å². The Labute approximate surface area is 427 Å². The predicted octanol–water partition coefficient (Wildman–Crippen LogP) is 7.70. The van der Waals surface area contributed by atoms with Gasteiger partial charge in [0.15, 0.2) is 0 Å². The van der Waals surface area contributed by atoms with Crippen LogP contribution in [0.1, 0.15) is 28.2 Å². The molecule has 35 heteroatoms. The minimum atomic E-state index is -4.71. The lowest BCUT2D eigenvalue weighted by Crippen LogP contribution is -2.35. The zero-order chi connectivity index (χ0) is 56.5. The number of carbonyl (C=O) groups excluding carboxylic acids is 2. The highest BCUT2D eigenvalue weighted by atomic mass is 35.5. The number of hydrogen-bond donors (Lipinski definition) is 6. The van der Waals surface area contributed by atoms with Crippen LogP contribution < -0.4 is 44.8 Å². The lowest BCUT2D eigenvalue weighted by atomic mass is 10.1. The number of urea groups is 2. The summed E-state index contributed by atoms with van der Waals surface area (Å²) in [4.78, 5) is 61.9. The van der Waals surface area contributed by atoms with E-state index < -0.39 is 108 Å². The van der Waals surface area contributed by atoms with Crippen molar-refractivity contribution in [2.24, 2.45) is 0 Å². The maximum absolute atomic E-state index is 12.5. The molecule has 0 aliphatic heterocycles. The number of aromatic nitrogens is 5. The number of rotatable bonds is 17. The van der Waals surface area contributed by atoms with Crippen LogP contribution in [0, 0.1) is 17.0 Å². The topological polar surface area (TPSA) is 358 Å². The van der Waals surface area contributed by atoms with Crippen molar-refractivity contribution in [3.63, 3.8) is 0 Å². The lowest BCUT2D eigenvalue weighted by molar-refractivity contribution is -0.383. The third kappa shape index (κ3) is 18.5. The molecule has 0 aliphatic rings. The molecular weight excluding hydrogens is 1100 g/mol. The number of nitro groups is 1. The summed E-state index contributed by atoms with van der Waals surface area (Å²) < 4.78 is 157. The average Bonchev–Trinajstić information content (AvgIpc) is 3.31. The molecule has 0 spiro atoms. The number of sulfonamides is 2. The number of nitrogens with zero attached hydrogens (tertiary/aromatic N) is 6. The Morgan fingerprint density at radius 1 is 0.763 bits per heavy atom.